The molecule has 1 aliphatic carbocycles. The first-order valence-corrected chi connectivity index (χ1v) is 8.84. The zero-order valence-corrected chi connectivity index (χ0v) is 13.9. The molecule has 1 N–H and O–H groups in total. The largest absolute Gasteiger partial charge is 0.461 e. The van der Waals surface area contributed by atoms with Gasteiger partial charge in [0.15, 0.2) is 0 Å². The van der Waals surface area contributed by atoms with Crippen LogP contribution in [0, 0.1) is 5.92 Å². The number of carbonyl (C=O) groups is 1. The molecular weight excluding hydrogens is 296 g/mol. The molecule has 0 amide bonds. The van der Waals surface area contributed by atoms with Crippen molar-refractivity contribution in [2.75, 3.05) is 6.61 Å². The van der Waals surface area contributed by atoms with Gasteiger partial charge in [-0.2, -0.15) is 0 Å². The molecule has 3 rings (SSSR count). The number of hydrogen-bond acceptors (Lipinski definition) is 5. The highest BCUT2D eigenvalue weighted by atomic mass is 32.1. The average Bonchev–Trinajstić information content (AvgIpc) is 2.91. The van der Waals surface area contributed by atoms with Gasteiger partial charge in [0.2, 0.25) is 0 Å². The Labute approximate surface area is 134 Å². The maximum absolute atomic E-state index is 12.0. The molecule has 1 atom stereocenters. The van der Waals surface area contributed by atoms with Crippen LogP contribution in [0.2, 0.25) is 0 Å². The second-order valence-electron chi connectivity index (χ2n) is 5.89. The molecule has 0 radical (unpaired) electrons. The van der Waals surface area contributed by atoms with E-state index in [0.29, 0.717) is 18.3 Å². The first-order chi connectivity index (χ1) is 10.7. The molecule has 4 nitrogen and oxygen atoms in total. The second kappa shape index (κ2) is 6.75. The van der Waals surface area contributed by atoms with Gasteiger partial charge in [0.1, 0.15) is 10.5 Å². The van der Waals surface area contributed by atoms with Crippen LogP contribution in [-0.2, 0) is 11.3 Å². The van der Waals surface area contributed by atoms with E-state index in [9.17, 15) is 4.79 Å². The molecule has 0 unspecified atom stereocenters. The smallest absolute Gasteiger partial charge is 0.356 e. The Morgan fingerprint density at radius 1 is 1.55 bits per heavy atom. The number of fused-ring (bicyclic) bond motifs is 1. The van der Waals surface area contributed by atoms with E-state index >= 15 is 0 Å². The minimum Gasteiger partial charge on any atom is -0.461 e. The van der Waals surface area contributed by atoms with Gasteiger partial charge in [-0.25, -0.2) is 9.78 Å². The number of aromatic nitrogens is 1. The summed E-state index contributed by atoms with van der Waals surface area (Å²) in [6, 6.07) is 4.46. The molecule has 1 fully saturated rings. The molecule has 2 aromatic heterocycles. The van der Waals surface area contributed by atoms with Crippen LogP contribution in [0.4, 0.5) is 0 Å². The van der Waals surface area contributed by atoms with E-state index in [2.05, 4.69) is 23.3 Å². The highest BCUT2D eigenvalue weighted by Gasteiger charge is 2.23. The summed E-state index contributed by atoms with van der Waals surface area (Å²) in [7, 11) is 0. The predicted octanol–water partition coefficient (Wildman–Crippen LogP) is 3.75. The summed E-state index contributed by atoms with van der Waals surface area (Å²) in [4.78, 5) is 17.3. The molecule has 5 heteroatoms. The number of carbonyl (C=O) groups excluding carboxylic acids is 1. The number of rotatable bonds is 6. The van der Waals surface area contributed by atoms with Crippen molar-refractivity contribution in [1.29, 1.82) is 0 Å². The van der Waals surface area contributed by atoms with Crippen LogP contribution in [0.25, 0.3) is 10.2 Å². The molecule has 2 heterocycles. The number of pyridine rings is 1. The first-order valence-electron chi connectivity index (χ1n) is 7.96. The summed E-state index contributed by atoms with van der Waals surface area (Å²) in [5.74, 6) is 0.454. The summed E-state index contributed by atoms with van der Waals surface area (Å²) in [6.45, 7) is 5.20. The van der Waals surface area contributed by atoms with Gasteiger partial charge in [-0.15, -0.1) is 11.3 Å². The minimum atomic E-state index is -0.342. The Hall–Kier alpha value is -1.46. The second-order valence-corrected chi connectivity index (χ2v) is 6.78. The van der Waals surface area contributed by atoms with Crippen LogP contribution in [0.15, 0.2) is 17.5 Å². The molecular formula is C17H22N2O2S. The monoisotopic (exact) mass is 318 g/mol. The molecule has 118 valence electrons. The number of nitrogens with one attached hydrogen (secondary N) is 1. The van der Waals surface area contributed by atoms with E-state index in [1.54, 1.807) is 11.3 Å². The lowest BCUT2D eigenvalue weighted by molar-refractivity contribution is 0.0520. The summed E-state index contributed by atoms with van der Waals surface area (Å²) in [6.07, 6.45) is 4.01. The maximum atomic E-state index is 12.0. The van der Waals surface area contributed by atoms with Crippen LogP contribution in [0.3, 0.4) is 0 Å². The Bertz CT molecular complexity index is 664. The van der Waals surface area contributed by atoms with E-state index in [4.69, 9.17) is 4.74 Å². The van der Waals surface area contributed by atoms with Crippen molar-refractivity contribution in [3.8, 4) is 0 Å². The Morgan fingerprint density at radius 2 is 2.36 bits per heavy atom. The fourth-order valence-corrected chi connectivity index (χ4v) is 3.66. The Balaban J connectivity index is 1.80. The van der Waals surface area contributed by atoms with Crippen molar-refractivity contribution >= 4 is 27.5 Å². The number of hydrogen-bond donors (Lipinski definition) is 1. The summed E-state index contributed by atoms with van der Waals surface area (Å²) >= 11 is 1.56. The molecule has 0 spiro atoms. The van der Waals surface area contributed by atoms with Gasteiger partial charge in [0, 0.05) is 18.0 Å². The van der Waals surface area contributed by atoms with E-state index in [1.807, 2.05) is 18.4 Å². The lowest BCUT2D eigenvalue weighted by Crippen LogP contribution is -2.36. The Morgan fingerprint density at radius 3 is 3.05 bits per heavy atom. The highest BCUT2D eigenvalue weighted by Crippen LogP contribution is 2.30. The summed E-state index contributed by atoms with van der Waals surface area (Å²) < 4.78 is 5.08. The molecule has 0 bridgehead atoms. The number of thiophene rings is 1. The summed E-state index contributed by atoms with van der Waals surface area (Å²) in [5.41, 5.74) is 1.53. The van der Waals surface area contributed by atoms with Gasteiger partial charge in [0.05, 0.1) is 6.61 Å². The molecule has 0 aliphatic heterocycles. The van der Waals surface area contributed by atoms with E-state index in [-0.39, 0.29) is 5.97 Å². The molecule has 1 aliphatic rings. The lowest BCUT2D eigenvalue weighted by Gasteiger charge is -2.32. The number of nitrogens with zero attached hydrogens (tertiary/aromatic N) is 1. The van der Waals surface area contributed by atoms with Crippen LogP contribution < -0.4 is 5.32 Å². The predicted molar refractivity (Wildman–Crippen MR) is 89.2 cm³/mol. The van der Waals surface area contributed by atoms with Crippen molar-refractivity contribution in [3.05, 3.63) is 28.8 Å². The van der Waals surface area contributed by atoms with Crippen molar-refractivity contribution in [2.45, 2.75) is 45.7 Å². The van der Waals surface area contributed by atoms with Crippen LogP contribution >= 0.6 is 11.3 Å². The standard InChI is InChI=1S/C17H22N2O2S/c1-3-21-17(20)15-9-13(14-7-8-22-16(14)19-15)10-18-11(2)12-5-4-6-12/h7-9,11-12,18H,3-6,10H2,1-2H3/t11-/m0/s1. The van der Waals surface area contributed by atoms with E-state index in [1.165, 1.54) is 19.3 Å². The lowest BCUT2D eigenvalue weighted by atomic mass is 9.80. The van der Waals surface area contributed by atoms with Gasteiger partial charge in [0.25, 0.3) is 0 Å². The van der Waals surface area contributed by atoms with Gasteiger partial charge in [-0.05, 0) is 55.7 Å². The van der Waals surface area contributed by atoms with Gasteiger partial charge in [-0.3, -0.25) is 0 Å². The topological polar surface area (TPSA) is 51.2 Å². The number of ether oxygens (including phenoxy) is 1. The van der Waals surface area contributed by atoms with Crippen LogP contribution in [0.1, 0.15) is 49.2 Å². The normalized spacial score (nSPS) is 16.5. The molecule has 2 aromatic rings. The Kier molecular flexibility index (Phi) is 4.74. The van der Waals surface area contributed by atoms with Crippen LogP contribution in [-0.4, -0.2) is 23.6 Å². The highest BCUT2D eigenvalue weighted by molar-refractivity contribution is 7.16. The third-order valence-electron chi connectivity index (χ3n) is 4.48. The molecule has 0 aromatic carbocycles. The first kappa shape index (κ1) is 15.4. The fraction of sp³-hybridized carbons (Fsp3) is 0.529. The van der Waals surface area contributed by atoms with Crippen molar-refractivity contribution in [3.63, 3.8) is 0 Å². The van der Waals surface area contributed by atoms with Crippen molar-refractivity contribution < 1.29 is 9.53 Å². The van der Waals surface area contributed by atoms with E-state index in [0.717, 1.165) is 28.2 Å². The maximum Gasteiger partial charge on any atom is 0.356 e. The van der Waals surface area contributed by atoms with Gasteiger partial charge < -0.3 is 10.1 Å². The molecule has 0 saturated heterocycles. The van der Waals surface area contributed by atoms with Crippen molar-refractivity contribution in [1.82, 2.24) is 10.3 Å². The van der Waals surface area contributed by atoms with Crippen LogP contribution in [0.5, 0.6) is 0 Å². The third kappa shape index (κ3) is 3.15. The average molecular weight is 318 g/mol. The van der Waals surface area contributed by atoms with Gasteiger partial charge >= 0.3 is 5.97 Å². The van der Waals surface area contributed by atoms with Crippen molar-refractivity contribution in [2.24, 2.45) is 5.92 Å². The zero-order chi connectivity index (χ0) is 15.5. The van der Waals surface area contributed by atoms with E-state index < -0.39 is 0 Å². The minimum absolute atomic E-state index is 0.342. The third-order valence-corrected chi connectivity index (χ3v) is 5.29. The molecule has 1 saturated carbocycles. The molecule has 22 heavy (non-hydrogen) atoms. The zero-order valence-electron chi connectivity index (χ0n) is 13.1. The SMILES string of the molecule is CCOC(=O)c1cc(CN[C@@H](C)C2CCC2)c2ccsc2n1. The number of esters is 1. The fourth-order valence-electron chi connectivity index (χ4n) is 2.85. The quantitative estimate of drug-likeness (QED) is 0.824. The van der Waals surface area contributed by atoms with Gasteiger partial charge in [-0.1, -0.05) is 6.42 Å². The summed E-state index contributed by atoms with van der Waals surface area (Å²) in [5, 5.41) is 6.76.